The minimum atomic E-state index is -1.08. The third kappa shape index (κ3) is 17.9. The summed E-state index contributed by atoms with van der Waals surface area (Å²) in [4.78, 5) is 22.2. The van der Waals surface area contributed by atoms with Gasteiger partial charge in [-0.2, -0.15) is 0 Å². The molecule has 3 aromatic carbocycles. The molecule has 44 heavy (non-hydrogen) atoms. The standard InChI is InChI=1S/C15H14O4.C8H8O4.C8H6.CH4.4H2O/c1-18-14-8-7-12(9-13(14)16)15(17)19-10-11-5-3-2-4-6-11;1-12-7-3-2-5(8(10)11)4-6(7)9;1-3-5-7-8-6-4-2;;;;;/h2-9,16H,10H2,1H3;2-4,9H,1H3,(H,10,11);1-2H3;1H4;4*1H2. The number of rotatable bonds is 6. The third-order valence-corrected chi connectivity index (χ3v) is 4.49. The van der Waals surface area contributed by atoms with Gasteiger partial charge in [-0.05, 0) is 79.5 Å². The maximum Gasteiger partial charge on any atom is 0.338 e. The van der Waals surface area contributed by atoms with Crippen LogP contribution in [0.1, 0.15) is 47.6 Å². The minimum absolute atomic E-state index is 0. The number of phenolic OH excluding ortho intramolecular Hbond substituents is 2. The second-order valence-corrected chi connectivity index (χ2v) is 7.14. The first kappa shape index (κ1) is 48.1. The van der Waals surface area contributed by atoms with Gasteiger partial charge in [0.25, 0.3) is 0 Å². The molecule has 0 amide bonds. The van der Waals surface area contributed by atoms with Crippen molar-refractivity contribution in [3.8, 4) is 58.5 Å². The Morgan fingerprint density at radius 2 is 1.11 bits per heavy atom. The first-order valence-corrected chi connectivity index (χ1v) is 11.3. The van der Waals surface area contributed by atoms with Crippen LogP contribution >= 0.6 is 0 Å². The van der Waals surface area contributed by atoms with Crippen molar-refractivity contribution in [1.29, 1.82) is 0 Å². The Hall–Kier alpha value is -5.68. The van der Waals surface area contributed by atoms with Crippen LogP contribution in [0, 0.1) is 35.5 Å². The number of hydrogen-bond acceptors (Lipinski definition) is 7. The lowest BCUT2D eigenvalue weighted by atomic mass is 10.2. The van der Waals surface area contributed by atoms with E-state index in [0.29, 0.717) is 5.75 Å². The predicted molar refractivity (Wildman–Crippen MR) is 168 cm³/mol. The molecule has 0 spiro atoms. The molecule has 0 atom stereocenters. The molecule has 0 heterocycles. The van der Waals surface area contributed by atoms with Crippen LogP contribution in [0.5, 0.6) is 23.0 Å². The van der Waals surface area contributed by atoms with Crippen LogP contribution in [0.15, 0.2) is 66.7 Å². The lowest BCUT2D eigenvalue weighted by molar-refractivity contribution is 0.0471. The second kappa shape index (κ2) is 27.5. The van der Waals surface area contributed by atoms with E-state index in [1.54, 1.807) is 19.9 Å². The molecule has 0 aromatic heterocycles. The molecule has 0 aliphatic rings. The van der Waals surface area contributed by atoms with Crippen molar-refractivity contribution in [3.05, 3.63) is 83.4 Å². The van der Waals surface area contributed by atoms with Crippen LogP contribution in [0.4, 0.5) is 0 Å². The smallest absolute Gasteiger partial charge is 0.338 e. The van der Waals surface area contributed by atoms with Gasteiger partial charge < -0.3 is 51.4 Å². The van der Waals surface area contributed by atoms with Gasteiger partial charge >= 0.3 is 11.9 Å². The SMILES string of the molecule is C.CC#CC#CC#CC.COc1ccc(C(=O)O)cc1O.COc1ccc(C(=O)OCc2ccccc2)cc1O.O.O.O.O. The van der Waals surface area contributed by atoms with Gasteiger partial charge in [-0.25, -0.2) is 9.59 Å². The van der Waals surface area contributed by atoms with Gasteiger partial charge in [-0.3, -0.25) is 0 Å². The normalized spacial score (nSPS) is 7.55. The fraction of sp³-hybridized carbons (Fsp3) is 0.188. The Labute approximate surface area is 257 Å². The minimum Gasteiger partial charge on any atom is -0.504 e. The quantitative estimate of drug-likeness (QED) is 0.273. The molecule has 0 aliphatic heterocycles. The van der Waals surface area contributed by atoms with Gasteiger partial charge in [0.15, 0.2) is 23.0 Å². The average Bonchev–Trinajstić information content (AvgIpc) is 2.95. The van der Waals surface area contributed by atoms with Crippen LogP contribution < -0.4 is 9.47 Å². The van der Waals surface area contributed by atoms with Crippen LogP contribution in [0.3, 0.4) is 0 Å². The molecule has 240 valence electrons. The van der Waals surface area contributed by atoms with Gasteiger partial charge in [-0.15, -0.1) is 0 Å². The zero-order valence-electron chi connectivity index (χ0n) is 23.9. The van der Waals surface area contributed by atoms with Crippen molar-refractivity contribution in [2.24, 2.45) is 0 Å². The van der Waals surface area contributed by atoms with Gasteiger partial charge in [0.1, 0.15) is 6.61 Å². The second-order valence-electron chi connectivity index (χ2n) is 7.14. The number of carboxylic acids is 1. The highest BCUT2D eigenvalue weighted by Crippen LogP contribution is 2.27. The van der Waals surface area contributed by atoms with E-state index in [9.17, 15) is 14.7 Å². The van der Waals surface area contributed by atoms with E-state index in [2.05, 4.69) is 35.5 Å². The van der Waals surface area contributed by atoms with Crippen molar-refractivity contribution in [2.75, 3.05) is 14.2 Å². The van der Waals surface area contributed by atoms with E-state index in [0.717, 1.165) is 11.6 Å². The average molecular weight is 617 g/mol. The summed E-state index contributed by atoms with van der Waals surface area (Å²) in [6.45, 7) is 3.69. The number of benzene rings is 3. The van der Waals surface area contributed by atoms with Crippen molar-refractivity contribution < 1.29 is 61.0 Å². The summed E-state index contributed by atoms with van der Waals surface area (Å²) in [6, 6.07) is 17.7. The maximum atomic E-state index is 11.8. The van der Waals surface area contributed by atoms with Crippen LogP contribution in [-0.2, 0) is 11.3 Å². The van der Waals surface area contributed by atoms with E-state index in [-0.39, 0.29) is 64.3 Å². The van der Waals surface area contributed by atoms with E-state index in [4.69, 9.17) is 24.4 Å². The molecular formula is C32H40O12. The molecule has 0 saturated carbocycles. The van der Waals surface area contributed by atoms with Crippen LogP contribution in [0.2, 0.25) is 0 Å². The highest BCUT2D eigenvalue weighted by molar-refractivity contribution is 5.90. The summed E-state index contributed by atoms with van der Waals surface area (Å²) < 4.78 is 14.8. The van der Waals surface area contributed by atoms with Crippen molar-refractivity contribution in [2.45, 2.75) is 27.9 Å². The highest BCUT2D eigenvalue weighted by atomic mass is 16.5. The third-order valence-electron chi connectivity index (χ3n) is 4.49. The first-order chi connectivity index (χ1) is 18.8. The predicted octanol–water partition coefficient (Wildman–Crippen LogP) is 2.23. The Kier molecular flexibility index (Phi) is 30.0. The van der Waals surface area contributed by atoms with Crippen molar-refractivity contribution in [3.63, 3.8) is 0 Å². The van der Waals surface area contributed by atoms with E-state index >= 15 is 0 Å². The van der Waals surface area contributed by atoms with E-state index in [1.807, 2.05) is 30.3 Å². The summed E-state index contributed by atoms with van der Waals surface area (Å²) >= 11 is 0. The maximum absolute atomic E-state index is 11.8. The number of ether oxygens (including phenoxy) is 3. The number of carbonyl (C=O) groups is 2. The van der Waals surface area contributed by atoms with Crippen LogP contribution in [0.25, 0.3) is 0 Å². The largest absolute Gasteiger partial charge is 0.504 e. The van der Waals surface area contributed by atoms with Gasteiger partial charge in [-0.1, -0.05) is 49.6 Å². The summed E-state index contributed by atoms with van der Waals surface area (Å²) in [5.74, 6) is 14.3. The number of carboxylic acid groups (broad SMARTS) is 1. The number of esters is 1. The van der Waals surface area contributed by atoms with Gasteiger partial charge in [0.2, 0.25) is 0 Å². The first-order valence-electron chi connectivity index (χ1n) is 11.3. The molecule has 11 N–H and O–H groups in total. The molecule has 3 rings (SSSR count). The zero-order valence-corrected chi connectivity index (χ0v) is 23.9. The topological polar surface area (TPSA) is 249 Å². The van der Waals surface area contributed by atoms with Crippen molar-refractivity contribution >= 4 is 11.9 Å². The monoisotopic (exact) mass is 616 g/mol. The number of aromatic carboxylic acids is 1. The molecule has 12 nitrogen and oxygen atoms in total. The van der Waals surface area contributed by atoms with Gasteiger partial charge in [0.05, 0.1) is 25.3 Å². The zero-order chi connectivity index (χ0) is 29.0. The molecule has 0 unspecified atom stereocenters. The molecule has 3 aromatic rings. The molecule has 12 heteroatoms. The Balaban J connectivity index is -0.000000178. The number of methoxy groups -OCH3 is 2. The Bertz CT molecular complexity index is 1410. The number of aromatic hydroxyl groups is 2. The fourth-order valence-electron chi connectivity index (χ4n) is 2.63. The number of hydrogen-bond donors (Lipinski definition) is 3. The number of carbonyl (C=O) groups excluding carboxylic acids is 1. The molecule has 0 aliphatic carbocycles. The van der Waals surface area contributed by atoms with Crippen LogP contribution in [-0.4, -0.2) is 63.4 Å². The fourth-order valence-corrected chi connectivity index (χ4v) is 2.63. The molecule has 0 saturated heterocycles. The highest BCUT2D eigenvalue weighted by Gasteiger charge is 2.11. The summed E-state index contributed by atoms with van der Waals surface area (Å²) in [5.41, 5.74) is 1.23. The van der Waals surface area contributed by atoms with Crippen molar-refractivity contribution in [1.82, 2.24) is 0 Å². The number of phenols is 2. The molecule has 0 fully saturated rings. The lowest BCUT2D eigenvalue weighted by Crippen LogP contribution is -2.05. The molecule has 0 radical (unpaired) electrons. The summed E-state index contributed by atoms with van der Waals surface area (Å²) in [5, 5.41) is 27.3. The molecular weight excluding hydrogens is 576 g/mol. The molecule has 0 bridgehead atoms. The Morgan fingerprint density at radius 3 is 1.50 bits per heavy atom. The summed E-state index contributed by atoms with van der Waals surface area (Å²) in [7, 11) is 2.85. The van der Waals surface area contributed by atoms with E-state index < -0.39 is 11.9 Å². The Morgan fingerprint density at radius 1 is 0.682 bits per heavy atom. The van der Waals surface area contributed by atoms with E-state index in [1.165, 1.54) is 38.5 Å². The summed E-state index contributed by atoms with van der Waals surface area (Å²) in [6.07, 6.45) is 0. The van der Waals surface area contributed by atoms with Gasteiger partial charge in [0, 0.05) is 0 Å². The lowest BCUT2D eigenvalue weighted by Gasteiger charge is -2.07.